The van der Waals surface area contributed by atoms with E-state index in [0.29, 0.717) is 30.6 Å². The topological polar surface area (TPSA) is 93.2 Å². The van der Waals surface area contributed by atoms with Crippen LogP contribution in [0.25, 0.3) is 10.6 Å². The Labute approximate surface area is 160 Å². The second-order valence-corrected chi connectivity index (χ2v) is 7.72. The highest BCUT2D eigenvalue weighted by Crippen LogP contribution is 2.29. The Kier molecular flexibility index (Phi) is 4.65. The number of amides is 1. The summed E-state index contributed by atoms with van der Waals surface area (Å²) < 4.78 is 7.12. The fraction of sp³-hybridized carbons (Fsp3) is 0.471. The van der Waals surface area contributed by atoms with E-state index >= 15 is 0 Å². The van der Waals surface area contributed by atoms with E-state index in [1.165, 1.54) is 11.3 Å². The van der Waals surface area contributed by atoms with Gasteiger partial charge in [-0.15, -0.1) is 11.3 Å². The van der Waals surface area contributed by atoms with E-state index in [-0.39, 0.29) is 11.8 Å². The molecule has 1 aliphatic heterocycles. The van der Waals surface area contributed by atoms with Gasteiger partial charge in [0.15, 0.2) is 0 Å². The zero-order valence-corrected chi connectivity index (χ0v) is 16.3. The molecule has 0 N–H and O–H groups in total. The molecule has 1 atom stereocenters. The minimum Gasteiger partial charge on any atom is -0.344 e. The van der Waals surface area contributed by atoms with Crippen LogP contribution in [0.15, 0.2) is 22.3 Å². The van der Waals surface area contributed by atoms with Crippen LogP contribution in [-0.2, 0) is 7.05 Å². The van der Waals surface area contributed by atoms with E-state index in [9.17, 15) is 4.79 Å². The van der Waals surface area contributed by atoms with Crippen LogP contribution < -0.4 is 4.90 Å². The van der Waals surface area contributed by atoms with Gasteiger partial charge in [0.25, 0.3) is 11.9 Å². The molecule has 3 aromatic heterocycles. The van der Waals surface area contributed by atoms with Crippen molar-refractivity contribution in [1.29, 1.82) is 0 Å². The molecule has 1 amide bonds. The lowest BCUT2D eigenvalue weighted by atomic mass is 9.98. The number of nitrogens with zero attached hydrogens (tertiary/aromatic N) is 7. The van der Waals surface area contributed by atoms with Crippen molar-refractivity contribution in [2.75, 3.05) is 32.1 Å². The van der Waals surface area contributed by atoms with Gasteiger partial charge in [0.1, 0.15) is 10.7 Å². The lowest BCUT2D eigenvalue weighted by Crippen LogP contribution is -2.39. The number of thiazole rings is 1. The summed E-state index contributed by atoms with van der Waals surface area (Å²) in [5.74, 6) is 1.14. The highest BCUT2D eigenvalue weighted by atomic mass is 32.1. The maximum Gasteiger partial charge on any atom is 0.273 e. The Balaban J connectivity index is 1.47. The number of anilines is 1. The first-order valence-electron chi connectivity index (χ1n) is 8.76. The van der Waals surface area contributed by atoms with Gasteiger partial charge in [0.05, 0.1) is 12.1 Å². The lowest BCUT2D eigenvalue weighted by Gasteiger charge is -2.30. The van der Waals surface area contributed by atoms with Crippen molar-refractivity contribution in [2.24, 2.45) is 7.05 Å². The number of aromatic nitrogens is 5. The zero-order valence-electron chi connectivity index (χ0n) is 15.5. The molecule has 0 bridgehead atoms. The van der Waals surface area contributed by atoms with Gasteiger partial charge in [-0.05, 0) is 18.0 Å². The number of rotatable bonds is 4. The average molecular weight is 387 g/mol. The highest BCUT2D eigenvalue weighted by molar-refractivity contribution is 7.13. The van der Waals surface area contributed by atoms with Crippen LogP contribution in [0.5, 0.6) is 0 Å². The average Bonchev–Trinajstić information content (AvgIpc) is 3.41. The maximum absolute atomic E-state index is 12.9. The summed E-state index contributed by atoms with van der Waals surface area (Å²) >= 11 is 1.45. The molecule has 9 nitrogen and oxygen atoms in total. The number of piperidine rings is 1. The molecular weight excluding hydrogens is 366 g/mol. The molecule has 1 unspecified atom stereocenters. The van der Waals surface area contributed by atoms with E-state index < -0.39 is 0 Å². The Bertz CT molecular complexity index is 945. The molecule has 4 rings (SSSR count). The van der Waals surface area contributed by atoms with E-state index in [0.717, 1.165) is 23.4 Å². The van der Waals surface area contributed by atoms with Crippen molar-refractivity contribution < 1.29 is 9.32 Å². The molecule has 27 heavy (non-hydrogen) atoms. The van der Waals surface area contributed by atoms with Crippen molar-refractivity contribution in [3.63, 3.8) is 0 Å². The van der Waals surface area contributed by atoms with Gasteiger partial charge >= 0.3 is 0 Å². The molecule has 1 fully saturated rings. The summed E-state index contributed by atoms with van der Waals surface area (Å²) in [6.07, 6.45) is 5.47. The van der Waals surface area contributed by atoms with Gasteiger partial charge < -0.3 is 14.3 Å². The normalized spacial score (nSPS) is 17.3. The molecule has 1 aliphatic rings. The molecule has 0 aliphatic carbocycles. The Morgan fingerprint density at radius 3 is 2.93 bits per heavy atom. The van der Waals surface area contributed by atoms with Crippen molar-refractivity contribution >= 4 is 23.2 Å². The Morgan fingerprint density at radius 1 is 1.37 bits per heavy atom. The number of carbonyl (C=O) groups is 1. The van der Waals surface area contributed by atoms with Crippen molar-refractivity contribution in [1.82, 2.24) is 29.8 Å². The number of carbonyl (C=O) groups excluding carboxylic acids is 1. The van der Waals surface area contributed by atoms with Crippen molar-refractivity contribution in [3.05, 3.63) is 29.4 Å². The largest absolute Gasteiger partial charge is 0.344 e. The summed E-state index contributed by atoms with van der Waals surface area (Å²) in [5, 5.41) is 10.7. The molecule has 3 aromatic rings. The maximum atomic E-state index is 12.9. The van der Waals surface area contributed by atoms with E-state index in [1.54, 1.807) is 15.8 Å². The van der Waals surface area contributed by atoms with E-state index in [1.807, 2.05) is 37.6 Å². The van der Waals surface area contributed by atoms with Gasteiger partial charge in [-0.3, -0.25) is 9.48 Å². The van der Waals surface area contributed by atoms with Crippen LogP contribution in [0, 0.1) is 0 Å². The molecule has 0 radical (unpaired) electrons. The van der Waals surface area contributed by atoms with Crippen molar-refractivity contribution in [2.45, 2.75) is 18.8 Å². The molecular formula is C17H21N7O2S. The van der Waals surface area contributed by atoms with E-state index in [4.69, 9.17) is 4.52 Å². The monoisotopic (exact) mass is 387 g/mol. The standard InChI is InChI=1S/C17H21N7O2S/c1-22(2)17-20-14(26-21-17)11-5-4-6-24(9-11)16(25)13-10-27-15(19-13)12-7-18-23(3)8-12/h7-8,10-11H,4-6,9H2,1-3H3. The van der Waals surface area contributed by atoms with Gasteiger partial charge in [-0.25, -0.2) is 4.98 Å². The van der Waals surface area contributed by atoms with Gasteiger partial charge in [-0.2, -0.15) is 10.1 Å². The minimum atomic E-state index is -0.0570. The lowest BCUT2D eigenvalue weighted by molar-refractivity contribution is 0.0690. The van der Waals surface area contributed by atoms with Gasteiger partial charge in [0.2, 0.25) is 5.89 Å². The quantitative estimate of drug-likeness (QED) is 0.676. The number of likely N-dealkylation sites (tertiary alicyclic amines) is 1. The van der Waals surface area contributed by atoms with Crippen LogP contribution in [0.4, 0.5) is 5.95 Å². The minimum absolute atomic E-state index is 0.0559. The summed E-state index contributed by atoms with van der Waals surface area (Å²) in [5.41, 5.74) is 1.39. The van der Waals surface area contributed by atoms with Crippen LogP contribution in [0.1, 0.15) is 35.1 Å². The highest BCUT2D eigenvalue weighted by Gasteiger charge is 2.30. The second kappa shape index (κ2) is 7.10. The van der Waals surface area contributed by atoms with Crippen LogP contribution in [-0.4, -0.2) is 62.9 Å². The summed E-state index contributed by atoms with van der Waals surface area (Å²) in [4.78, 5) is 25.5. The first-order valence-corrected chi connectivity index (χ1v) is 9.64. The molecule has 142 valence electrons. The van der Waals surface area contributed by atoms with E-state index in [2.05, 4.69) is 20.2 Å². The Hall–Kier alpha value is -2.75. The SMILES string of the molecule is CN(C)c1noc(C2CCCN(C(=O)c3csc(-c4cnn(C)c4)n3)C2)n1. The van der Waals surface area contributed by atoms with Crippen LogP contribution in [0.3, 0.4) is 0 Å². The van der Waals surface area contributed by atoms with Crippen molar-refractivity contribution in [3.8, 4) is 10.6 Å². The third kappa shape index (κ3) is 3.57. The third-order valence-corrected chi connectivity index (χ3v) is 5.46. The molecule has 0 aromatic carbocycles. The zero-order chi connectivity index (χ0) is 19.0. The fourth-order valence-electron chi connectivity index (χ4n) is 3.14. The predicted octanol–water partition coefficient (Wildman–Crippen LogP) is 2.01. The summed E-state index contributed by atoms with van der Waals surface area (Å²) in [7, 11) is 5.59. The number of aryl methyl sites for hydroxylation is 1. The molecule has 0 spiro atoms. The summed E-state index contributed by atoms with van der Waals surface area (Å²) in [6.45, 7) is 1.28. The van der Waals surface area contributed by atoms with Gasteiger partial charge in [-0.1, -0.05) is 0 Å². The third-order valence-electron chi connectivity index (χ3n) is 4.56. The Morgan fingerprint density at radius 2 is 2.22 bits per heavy atom. The van der Waals surface area contributed by atoms with Gasteiger partial charge in [0, 0.05) is 51.4 Å². The first kappa shape index (κ1) is 17.7. The first-order chi connectivity index (χ1) is 13.0. The molecule has 10 heteroatoms. The molecule has 0 saturated carbocycles. The number of hydrogen-bond acceptors (Lipinski definition) is 8. The van der Waals surface area contributed by atoms with Crippen LogP contribution in [0.2, 0.25) is 0 Å². The number of hydrogen-bond donors (Lipinski definition) is 0. The smallest absolute Gasteiger partial charge is 0.273 e. The predicted molar refractivity (Wildman–Crippen MR) is 101 cm³/mol. The molecule has 4 heterocycles. The van der Waals surface area contributed by atoms with Crippen LogP contribution >= 0.6 is 11.3 Å². The summed E-state index contributed by atoms with van der Waals surface area (Å²) in [6, 6.07) is 0. The second-order valence-electron chi connectivity index (χ2n) is 6.86. The fourth-order valence-corrected chi connectivity index (χ4v) is 3.91. The molecule has 1 saturated heterocycles.